The number of carbonyl (C=O) groups is 2. The molecule has 0 saturated heterocycles. The SMILES string of the molecule is CCCCCCC/C=C\C/C=C\C/C=C\CCCCCCCCCCCCCCCCCCCCCCCCCCCCC(=O)OC(COC(=O)CCCCCCCCCCCCCCCCCCCCCCCCCCCCCCCCC)COP(=O)([O-])OCC[N+](C)(C)C. The summed E-state index contributed by atoms with van der Waals surface area (Å²) in [5.41, 5.74) is 0. The third kappa shape index (κ3) is 81.2. The molecule has 0 amide bonds. The Morgan fingerprint density at radius 1 is 0.323 bits per heavy atom. The smallest absolute Gasteiger partial charge is 0.306 e. The minimum atomic E-state index is -4.64. The van der Waals surface area contributed by atoms with Crippen LogP contribution in [0.25, 0.3) is 0 Å². The van der Waals surface area contributed by atoms with Gasteiger partial charge in [0.1, 0.15) is 19.8 Å². The van der Waals surface area contributed by atoms with E-state index in [0.717, 1.165) is 44.9 Å². The van der Waals surface area contributed by atoms with E-state index in [9.17, 15) is 19.0 Å². The summed E-state index contributed by atoms with van der Waals surface area (Å²) in [6, 6.07) is 0. The quantitative estimate of drug-likeness (QED) is 0.0195. The standard InChI is InChI=1S/C86H166NO8P/c1-6-8-10-12-14-16-18-20-22-24-26-28-30-32-34-36-38-39-40-41-42-43-44-45-46-47-49-51-53-55-57-59-61-63-65-67-69-71-73-75-77-79-86(89)95-84(83-94-96(90,91)93-81-80-87(3,4)5)82-92-85(88)78-76-74-72-70-68-66-64-62-60-58-56-54-52-50-48-37-35-33-31-29-27-25-23-21-19-17-15-13-11-9-7-2/h18,20,24,26,30,32,84H,6-17,19,21-23,25,27-29,31,33-83H2,1-5H3/b20-18-,26-24-,32-30-. The first-order valence-corrected chi connectivity index (χ1v) is 44.2. The molecule has 0 aromatic heterocycles. The van der Waals surface area contributed by atoms with Crippen LogP contribution in [0.2, 0.25) is 0 Å². The van der Waals surface area contributed by atoms with Crippen LogP contribution in [0.5, 0.6) is 0 Å². The maximum atomic E-state index is 12.9. The van der Waals surface area contributed by atoms with Crippen LogP contribution in [-0.4, -0.2) is 70.0 Å². The highest BCUT2D eigenvalue weighted by atomic mass is 31.2. The van der Waals surface area contributed by atoms with Gasteiger partial charge < -0.3 is 27.9 Å². The molecule has 0 aromatic rings. The van der Waals surface area contributed by atoms with Crippen molar-refractivity contribution in [1.82, 2.24) is 0 Å². The zero-order chi connectivity index (χ0) is 69.7. The molecule has 2 atom stereocenters. The lowest BCUT2D eigenvalue weighted by Crippen LogP contribution is -2.37. The van der Waals surface area contributed by atoms with Crippen molar-refractivity contribution in [1.29, 1.82) is 0 Å². The molecule has 0 fully saturated rings. The Morgan fingerprint density at radius 3 is 0.833 bits per heavy atom. The van der Waals surface area contributed by atoms with Crippen LogP contribution in [0.15, 0.2) is 36.5 Å². The van der Waals surface area contributed by atoms with Crippen molar-refractivity contribution in [2.45, 2.75) is 457 Å². The van der Waals surface area contributed by atoms with E-state index in [2.05, 4.69) is 50.3 Å². The normalized spacial score (nSPS) is 13.1. The lowest BCUT2D eigenvalue weighted by Gasteiger charge is -2.28. The molecule has 0 bridgehead atoms. The van der Waals surface area contributed by atoms with E-state index in [1.165, 1.54) is 372 Å². The zero-order valence-corrected chi connectivity index (χ0v) is 66.0. The molecular formula is C86H166NO8P. The van der Waals surface area contributed by atoms with Crippen molar-refractivity contribution < 1.29 is 42.1 Å². The van der Waals surface area contributed by atoms with Gasteiger partial charge in [0, 0.05) is 12.8 Å². The summed E-state index contributed by atoms with van der Waals surface area (Å²) >= 11 is 0. The van der Waals surface area contributed by atoms with Gasteiger partial charge in [-0.25, -0.2) is 0 Å². The van der Waals surface area contributed by atoms with E-state index >= 15 is 0 Å². The van der Waals surface area contributed by atoms with Gasteiger partial charge in [-0.3, -0.25) is 14.2 Å². The molecule has 0 heterocycles. The molecule has 0 aliphatic carbocycles. The van der Waals surface area contributed by atoms with Crippen molar-refractivity contribution in [2.75, 3.05) is 47.5 Å². The number of quaternary nitrogens is 1. The first-order chi connectivity index (χ1) is 47.0. The van der Waals surface area contributed by atoms with Gasteiger partial charge in [0.05, 0.1) is 27.7 Å². The van der Waals surface area contributed by atoms with Crippen molar-refractivity contribution in [3.63, 3.8) is 0 Å². The first kappa shape index (κ1) is 94.2. The predicted octanol–water partition coefficient (Wildman–Crippen LogP) is 27.9. The van der Waals surface area contributed by atoms with E-state index in [1.54, 1.807) is 0 Å². The minimum Gasteiger partial charge on any atom is -0.756 e. The molecule has 0 rings (SSSR count). The molecule has 0 aliphatic heterocycles. The number of rotatable bonds is 81. The average molecular weight is 1370 g/mol. The summed E-state index contributed by atoms with van der Waals surface area (Å²) in [7, 11) is 1.20. The lowest BCUT2D eigenvalue weighted by atomic mass is 10.0. The average Bonchev–Trinajstić information content (AvgIpc) is 2.54. The number of hydrogen-bond donors (Lipinski definition) is 0. The van der Waals surface area contributed by atoms with Gasteiger partial charge >= 0.3 is 11.9 Å². The summed E-state index contributed by atoms with van der Waals surface area (Å²) in [5.74, 6) is -0.803. The lowest BCUT2D eigenvalue weighted by molar-refractivity contribution is -0.870. The molecule has 568 valence electrons. The molecule has 0 radical (unpaired) electrons. The van der Waals surface area contributed by atoms with Crippen LogP contribution >= 0.6 is 7.82 Å². The van der Waals surface area contributed by atoms with Crippen LogP contribution < -0.4 is 4.89 Å². The monoisotopic (exact) mass is 1370 g/mol. The summed E-state index contributed by atoms with van der Waals surface area (Å²) in [6.45, 7) is 4.32. The Morgan fingerprint density at radius 2 is 0.562 bits per heavy atom. The number of phosphoric ester groups is 1. The van der Waals surface area contributed by atoms with Crippen molar-refractivity contribution in [3.05, 3.63) is 36.5 Å². The third-order valence-corrected chi connectivity index (χ3v) is 20.6. The molecule has 0 spiro atoms. The van der Waals surface area contributed by atoms with Gasteiger partial charge in [0.25, 0.3) is 7.82 Å². The number of carbonyl (C=O) groups excluding carboxylic acids is 2. The van der Waals surface area contributed by atoms with Gasteiger partial charge in [-0.1, -0.05) is 423 Å². The minimum absolute atomic E-state index is 0.0264. The van der Waals surface area contributed by atoms with Crippen molar-refractivity contribution in [2.24, 2.45) is 0 Å². The first-order valence-electron chi connectivity index (χ1n) is 42.7. The maximum Gasteiger partial charge on any atom is 0.306 e. The second kappa shape index (κ2) is 77.4. The second-order valence-electron chi connectivity index (χ2n) is 30.6. The van der Waals surface area contributed by atoms with E-state index in [4.69, 9.17) is 18.5 Å². The van der Waals surface area contributed by atoms with Gasteiger partial charge in [0.2, 0.25) is 0 Å². The Bertz CT molecular complexity index is 1710. The molecule has 0 N–H and O–H groups in total. The molecule has 0 saturated carbocycles. The van der Waals surface area contributed by atoms with Crippen molar-refractivity contribution in [3.8, 4) is 0 Å². The Hall–Kier alpha value is -1.77. The van der Waals surface area contributed by atoms with E-state index in [0.29, 0.717) is 17.4 Å². The third-order valence-electron chi connectivity index (χ3n) is 19.7. The fraction of sp³-hybridized carbons (Fsp3) is 0.907. The van der Waals surface area contributed by atoms with Crippen molar-refractivity contribution >= 4 is 19.8 Å². The Kier molecular flexibility index (Phi) is 76.0. The second-order valence-corrected chi connectivity index (χ2v) is 32.0. The molecular weight excluding hydrogens is 1210 g/mol. The number of ether oxygens (including phenoxy) is 2. The van der Waals surface area contributed by atoms with Crippen LogP contribution in [0, 0.1) is 0 Å². The number of unbranched alkanes of at least 4 members (excludes halogenated alkanes) is 61. The summed E-state index contributed by atoms with van der Waals surface area (Å²) < 4.78 is 34.5. The number of hydrogen-bond acceptors (Lipinski definition) is 8. The molecule has 0 aromatic carbocycles. The highest BCUT2D eigenvalue weighted by Crippen LogP contribution is 2.38. The topological polar surface area (TPSA) is 111 Å². The number of phosphoric acid groups is 1. The molecule has 9 nitrogen and oxygen atoms in total. The Labute approximate surface area is 599 Å². The van der Waals surface area contributed by atoms with Gasteiger partial charge in [-0.2, -0.15) is 0 Å². The van der Waals surface area contributed by atoms with Crippen LogP contribution in [0.4, 0.5) is 0 Å². The van der Waals surface area contributed by atoms with Crippen LogP contribution in [0.3, 0.4) is 0 Å². The Balaban J connectivity index is 3.86. The van der Waals surface area contributed by atoms with Gasteiger partial charge in [0.15, 0.2) is 6.10 Å². The fourth-order valence-electron chi connectivity index (χ4n) is 13.1. The number of nitrogens with zero attached hydrogens (tertiary/aromatic N) is 1. The summed E-state index contributed by atoms with van der Waals surface area (Å²) in [6.07, 6.45) is 102. The van der Waals surface area contributed by atoms with Gasteiger partial charge in [-0.15, -0.1) is 0 Å². The number of likely N-dealkylation sites (N-methyl/N-ethyl adjacent to an activating group) is 1. The van der Waals surface area contributed by atoms with E-state index < -0.39 is 26.5 Å². The maximum absolute atomic E-state index is 12.9. The fourth-order valence-corrected chi connectivity index (χ4v) is 13.9. The van der Waals surface area contributed by atoms with Gasteiger partial charge in [-0.05, 0) is 51.4 Å². The number of esters is 2. The summed E-state index contributed by atoms with van der Waals surface area (Å²) in [4.78, 5) is 38.2. The highest BCUT2D eigenvalue weighted by molar-refractivity contribution is 7.45. The molecule has 10 heteroatoms. The molecule has 96 heavy (non-hydrogen) atoms. The van der Waals surface area contributed by atoms with Crippen LogP contribution in [-0.2, 0) is 32.7 Å². The zero-order valence-electron chi connectivity index (χ0n) is 65.1. The summed E-state index contributed by atoms with van der Waals surface area (Å²) in [5, 5.41) is 0. The van der Waals surface area contributed by atoms with E-state index in [1.807, 2.05) is 21.1 Å². The largest absolute Gasteiger partial charge is 0.756 e. The highest BCUT2D eigenvalue weighted by Gasteiger charge is 2.22. The molecule has 2 unspecified atom stereocenters. The molecule has 0 aliphatic rings. The van der Waals surface area contributed by atoms with Crippen LogP contribution in [0.1, 0.15) is 450 Å². The van der Waals surface area contributed by atoms with E-state index in [-0.39, 0.29) is 32.0 Å². The predicted molar refractivity (Wildman–Crippen MR) is 416 cm³/mol. The number of allylic oxidation sites excluding steroid dienone is 6.